The van der Waals surface area contributed by atoms with Gasteiger partial charge in [0.05, 0.1) is 0 Å². The molecule has 3 heteroatoms. The van der Waals surface area contributed by atoms with Crippen molar-refractivity contribution in [3.63, 3.8) is 0 Å². The monoisotopic (exact) mass is 280 g/mol. The van der Waals surface area contributed by atoms with E-state index in [0.717, 1.165) is 19.0 Å². The number of fused-ring (bicyclic) bond motifs is 1. The zero-order chi connectivity index (χ0) is 12.4. The van der Waals surface area contributed by atoms with Gasteiger partial charge in [0.25, 0.3) is 0 Å². The molecular formula is C16H25ClN2. The smallest absolute Gasteiger partial charge is 0.0419 e. The Bertz CT molecular complexity index is 415. The Labute approximate surface area is 123 Å². The molecule has 0 radical (unpaired) electrons. The Hall–Kier alpha value is -0.730. The van der Waals surface area contributed by atoms with Crippen LogP contribution in [0.5, 0.6) is 0 Å². The highest BCUT2D eigenvalue weighted by atomic mass is 35.5. The Morgan fingerprint density at radius 1 is 1.32 bits per heavy atom. The zero-order valence-electron chi connectivity index (χ0n) is 11.8. The quantitative estimate of drug-likeness (QED) is 0.885. The van der Waals surface area contributed by atoms with Crippen molar-refractivity contribution < 1.29 is 0 Å². The standard InChI is InChI=1S/C16H24N2.ClH/c1-2-18(11-13-5-3-6-13)12-15-8-4-7-14-9-10-17-16(14)15;/h4,7-8,13,17H,2-3,5-6,9-12H2,1H3;1H. The maximum atomic E-state index is 3.55. The molecule has 1 aromatic rings. The van der Waals surface area contributed by atoms with Crippen LogP contribution in [-0.2, 0) is 13.0 Å². The van der Waals surface area contributed by atoms with Crippen molar-refractivity contribution in [2.75, 3.05) is 25.0 Å². The predicted molar refractivity (Wildman–Crippen MR) is 84.2 cm³/mol. The first kappa shape index (κ1) is 14.7. The van der Waals surface area contributed by atoms with Crippen molar-refractivity contribution in [2.24, 2.45) is 5.92 Å². The molecule has 0 spiro atoms. The number of rotatable bonds is 5. The number of halogens is 1. The maximum Gasteiger partial charge on any atom is 0.0419 e. The second-order valence-electron chi connectivity index (χ2n) is 5.75. The van der Waals surface area contributed by atoms with Gasteiger partial charge in [-0.1, -0.05) is 31.5 Å². The molecule has 2 aliphatic rings. The van der Waals surface area contributed by atoms with E-state index in [2.05, 4.69) is 35.3 Å². The lowest BCUT2D eigenvalue weighted by atomic mass is 9.85. The minimum Gasteiger partial charge on any atom is -0.384 e. The molecule has 1 saturated carbocycles. The average Bonchev–Trinajstić information content (AvgIpc) is 2.81. The van der Waals surface area contributed by atoms with Gasteiger partial charge in [0.1, 0.15) is 0 Å². The summed E-state index contributed by atoms with van der Waals surface area (Å²) in [5.41, 5.74) is 4.42. The summed E-state index contributed by atoms with van der Waals surface area (Å²) in [4.78, 5) is 2.61. The molecule has 1 aliphatic heterocycles. The molecule has 3 rings (SSSR count). The molecule has 0 unspecified atom stereocenters. The lowest BCUT2D eigenvalue weighted by Gasteiger charge is -2.32. The largest absolute Gasteiger partial charge is 0.384 e. The van der Waals surface area contributed by atoms with Crippen LogP contribution in [0, 0.1) is 5.92 Å². The van der Waals surface area contributed by atoms with E-state index in [1.165, 1.54) is 55.6 Å². The fraction of sp³-hybridized carbons (Fsp3) is 0.625. The third-order valence-electron chi connectivity index (χ3n) is 4.52. The summed E-state index contributed by atoms with van der Waals surface area (Å²) in [6.45, 7) is 6.97. The Morgan fingerprint density at radius 2 is 2.16 bits per heavy atom. The highest BCUT2D eigenvalue weighted by Crippen LogP contribution is 2.30. The number of hydrogen-bond donors (Lipinski definition) is 1. The van der Waals surface area contributed by atoms with E-state index in [1.807, 2.05) is 0 Å². The number of hydrogen-bond acceptors (Lipinski definition) is 2. The van der Waals surface area contributed by atoms with E-state index in [9.17, 15) is 0 Å². The van der Waals surface area contributed by atoms with Crippen LogP contribution in [0.4, 0.5) is 5.69 Å². The van der Waals surface area contributed by atoms with E-state index >= 15 is 0 Å². The summed E-state index contributed by atoms with van der Waals surface area (Å²) in [6.07, 6.45) is 5.53. The summed E-state index contributed by atoms with van der Waals surface area (Å²) in [5, 5.41) is 3.55. The third-order valence-corrected chi connectivity index (χ3v) is 4.52. The second kappa shape index (κ2) is 6.62. The predicted octanol–water partition coefficient (Wildman–Crippen LogP) is 3.70. The molecule has 1 aliphatic carbocycles. The van der Waals surface area contributed by atoms with Gasteiger partial charge < -0.3 is 5.32 Å². The molecule has 0 aromatic heterocycles. The van der Waals surface area contributed by atoms with E-state index in [-0.39, 0.29) is 12.4 Å². The van der Waals surface area contributed by atoms with Gasteiger partial charge in [-0.25, -0.2) is 0 Å². The highest BCUT2D eigenvalue weighted by molar-refractivity contribution is 5.85. The van der Waals surface area contributed by atoms with Crippen LogP contribution in [0.25, 0.3) is 0 Å². The lowest BCUT2D eigenvalue weighted by Crippen LogP contribution is -2.32. The van der Waals surface area contributed by atoms with Gasteiger partial charge >= 0.3 is 0 Å². The summed E-state index contributed by atoms with van der Waals surface area (Å²) in [6, 6.07) is 6.78. The van der Waals surface area contributed by atoms with Crippen molar-refractivity contribution >= 4 is 18.1 Å². The van der Waals surface area contributed by atoms with Crippen molar-refractivity contribution in [3.05, 3.63) is 29.3 Å². The van der Waals surface area contributed by atoms with Crippen LogP contribution >= 0.6 is 12.4 Å². The number of para-hydroxylation sites is 1. The van der Waals surface area contributed by atoms with E-state index in [1.54, 1.807) is 0 Å². The van der Waals surface area contributed by atoms with Crippen LogP contribution in [0.1, 0.15) is 37.3 Å². The number of benzene rings is 1. The molecular weight excluding hydrogens is 256 g/mol. The van der Waals surface area contributed by atoms with Crippen LogP contribution in [0.3, 0.4) is 0 Å². The maximum absolute atomic E-state index is 3.55. The summed E-state index contributed by atoms with van der Waals surface area (Å²) in [5.74, 6) is 0.967. The zero-order valence-corrected chi connectivity index (χ0v) is 12.6. The van der Waals surface area contributed by atoms with Crippen molar-refractivity contribution in [2.45, 2.75) is 39.2 Å². The van der Waals surface area contributed by atoms with Crippen molar-refractivity contribution in [3.8, 4) is 0 Å². The van der Waals surface area contributed by atoms with Crippen LogP contribution in [-0.4, -0.2) is 24.5 Å². The van der Waals surface area contributed by atoms with Crippen LogP contribution in [0.2, 0.25) is 0 Å². The molecule has 2 nitrogen and oxygen atoms in total. The molecule has 106 valence electrons. The van der Waals surface area contributed by atoms with Gasteiger partial charge in [0.2, 0.25) is 0 Å². The SMILES string of the molecule is CCN(Cc1cccc2c1NCC2)CC1CCC1.Cl. The molecule has 1 heterocycles. The number of anilines is 1. The average molecular weight is 281 g/mol. The van der Waals surface area contributed by atoms with Gasteiger partial charge in [0, 0.05) is 25.3 Å². The van der Waals surface area contributed by atoms with E-state index in [4.69, 9.17) is 0 Å². The molecule has 0 saturated heterocycles. The Morgan fingerprint density at radius 3 is 2.84 bits per heavy atom. The third kappa shape index (κ3) is 3.24. The molecule has 1 fully saturated rings. The second-order valence-corrected chi connectivity index (χ2v) is 5.75. The fourth-order valence-electron chi connectivity index (χ4n) is 3.13. The molecule has 1 aromatic carbocycles. The Kier molecular flexibility index (Phi) is 5.12. The number of nitrogens with zero attached hydrogens (tertiary/aromatic N) is 1. The molecule has 1 N–H and O–H groups in total. The lowest BCUT2D eigenvalue weighted by molar-refractivity contribution is 0.178. The van der Waals surface area contributed by atoms with Crippen LogP contribution < -0.4 is 5.32 Å². The first-order valence-corrected chi connectivity index (χ1v) is 7.44. The van der Waals surface area contributed by atoms with Crippen LogP contribution in [0.15, 0.2) is 18.2 Å². The van der Waals surface area contributed by atoms with Gasteiger partial charge in [0.15, 0.2) is 0 Å². The van der Waals surface area contributed by atoms with E-state index < -0.39 is 0 Å². The topological polar surface area (TPSA) is 15.3 Å². The van der Waals surface area contributed by atoms with Gasteiger partial charge in [-0.05, 0) is 42.9 Å². The van der Waals surface area contributed by atoms with Gasteiger partial charge in [-0.15, -0.1) is 12.4 Å². The first-order valence-electron chi connectivity index (χ1n) is 7.44. The minimum atomic E-state index is 0. The molecule has 0 amide bonds. The molecule has 0 bridgehead atoms. The van der Waals surface area contributed by atoms with Crippen molar-refractivity contribution in [1.82, 2.24) is 4.90 Å². The molecule has 19 heavy (non-hydrogen) atoms. The Balaban J connectivity index is 0.00000133. The van der Waals surface area contributed by atoms with Gasteiger partial charge in [-0.3, -0.25) is 4.90 Å². The normalized spacial score (nSPS) is 17.6. The van der Waals surface area contributed by atoms with E-state index in [0.29, 0.717) is 0 Å². The fourth-order valence-corrected chi connectivity index (χ4v) is 3.13. The first-order chi connectivity index (χ1) is 8.86. The summed E-state index contributed by atoms with van der Waals surface area (Å²) >= 11 is 0. The number of nitrogens with one attached hydrogen (secondary N) is 1. The minimum absolute atomic E-state index is 0. The summed E-state index contributed by atoms with van der Waals surface area (Å²) in [7, 11) is 0. The van der Waals surface area contributed by atoms with Gasteiger partial charge in [-0.2, -0.15) is 0 Å². The molecule has 0 atom stereocenters. The summed E-state index contributed by atoms with van der Waals surface area (Å²) < 4.78 is 0. The highest BCUT2D eigenvalue weighted by Gasteiger charge is 2.21. The van der Waals surface area contributed by atoms with Crippen molar-refractivity contribution in [1.29, 1.82) is 0 Å².